The van der Waals surface area contributed by atoms with Crippen molar-refractivity contribution in [3.05, 3.63) is 144 Å². The molecule has 0 aromatic heterocycles. The number of ketones is 1. The average Bonchev–Trinajstić information content (AvgIpc) is 2.77. The van der Waals surface area contributed by atoms with Crippen molar-refractivity contribution in [1.29, 1.82) is 0 Å². The van der Waals surface area contributed by atoms with Crippen LogP contribution in [0.25, 0.3) is 0 Å². The summed E-state index contributed by atoms with van der Waals surface area (Å²) in [5.41, 5.74) is 4.09. The molecule has 29 heavy (non-hydrogen) atoms. The third-order valence-corrected chi connectivity index (χ3v) is 5.10. The zero-order chi connectivity index (χ0) is 19.2. The number of carbonyl (C=O) groups excluding carboxylic acids is 1. The lowest BCUT2D eigenvalue weighted by Gasteiger charge is -2.24. The van der Waals surface area contributed by atoms with Gasteiger partial charge in [-0.25, -0.2) is 0 Å². The molecule has 1 nitrogen and oxygen atoms in total. The van der Waals surface area contributed by atoms with E-state index in [1.54, 1.807) is 0 Å². The van der Waals surface area contributed by atoms with E-state index >= 15 is 0 Å². The highest BCUT2D eigenvalue weighted by molar-refractivity contribution is 6.92. The molecule has 0 aliphatic carbocycles. The minimum absolute atomic E-state index is 0. The summed E-state index contributed by atoms with van der Waals surface area (Å²) in [6.07, 6.45) is 0. The Labute approximate surface area is 176 Å². The molecule has 0 saturated heterocycles. The molecule has 0 fully saturated rings. The minimum atomic E-state index is -0.312. The Morgan fingerprint density at radius 2 is 0.621 bits per heavy atom. The van der Waals surface area contributed by atoms with E-state index in [2.05, 4.69) is 0 Å². The van der Waals surface area contributed by atoms with E-state index in [0.29, 0.717) is 0 Å². The van der Waals surface area contributed by atoms with Crippen molar-refractivity contribution in [2.75, 3.05) is 0 Å². The van der Waals surface area contributed by atoms with E-state index in [4.69, 9.17) is 0 Å². The predicted molar refractivity (Wildman–Crippen MR) is 126 cm³/mol. The second-order valence-electron chi connectivity index (χ2n) is 6.91. The largest absolute Gasteiger partial charge is 0.298 e. The topological polar surface area (TPSA) is 17.1 Å². The quantitative estimate of drug-likeness (QED) is 0.351. The van der Waals surface area contributed by atoms with Crippen molar-refractivity contribution in [2.24, 2.45) is 0 Å². The van der Waals surface area contributed by atoms with E-state index in [9.17, 15) is 4.79 Å². The molecule has 1 atom stereocenters. The van der Waals surface area contributed by atoms with Gasteiger partial charge < -0.3 is 0 Å². The van der Waals surface area contributed by atoms with Gasteiger partial charge in [0.05, 0.1) is 11.8 Å². The molecule has 4 rings (SSSR count). The minimum Gasteiger partial charge on any atom is -0.298 e. The van der Waals surface area contributed by atoms with Crippen molar-refractivity contribution in [1.82, 2.24) is 0 Å². The highest BCUT2D eigenvalue weighted by Gasteiger charge is 2.31. The lowest BCUT2D eigenvalue weighted by atomic mass is 9.77. The van der Waals surface area contributed by atoms with Crippen LogP contribution in [0.15, 0.2) is 121 Å². The number of Topliss-reactive ketones (excluding diaryl/α,β-unsaturated/α-hetero) is 1. The molecular formula is C27H25OP. The second-order valence-corrected chi connectivity index (χ2v) is 6.91. The Morgan fingerprint density at radius 1 is 0.414 bits per heavy atom. The van der Waals surface area contributed by atoms with Gasteiger partial charge in [-0.3, -0.25) is 4.79 Å². The summed E-state index contributed by atoms with van der Waals surface area (Å²) in [6, 6.07) is 40.3. The van der Waals surface area contributed by atoms with Gasteiger partial charge in [0.15, 0.2) is 5.78 Å². The maximum Gasteiger partial charge on any atom is 0.156 e. The third kappa shape index (κ3) is 4.70. The molecule has 1 unspecified atom stereocenters. The number of hydrogen-bond donors (Lipinski definition) is 0. The van der Waals surface area contributed by atoms with Gasteiger partial charge in [-0.15, -0.1) is 0 Å². The van der Waals surface area contributed by atoms with Crippen molar-refractivity contribution in [2.45, 2.75) is 11.8 Å². The summed E-state index contributed by atoms with van der Waals surface area (Å²) < 4.78 is 0. The molecule has 0 radical (unpaired) electrons. The molecule has 0 saturated carbocycles. The Hall–Kier alpha value is -3.02. The number of carbonyl (C=O) groups is 1. The summed E-state index contributed by atoms with van der Waals surface area (Å²) in [7, 11) is 0. The number of benzene rings is 4. The van der Waals surface area contributed by atoms with Crippen LogP contribution in [0.5, 0.6) is 0 Å². The monoisotopic (exact) mass is 396 g/mol. The SMILES string of the molecule is O=C(C(c1ccccc1)c1ccccc1)C(c1ccccc1)c1ccccc1.P. The van der Waals surface area contributed by atoms with Crippen LogP contribution in [0.2, 0.25) is 0 Å². The summed E-state index contributed by atoms with van der Waals surface area (Å²) in [5.74, 6) is -0.435. The van der Waals surface area contributed by atoms with Crippen molar-refractivity contribution in [3.63, 3.8) is 0 Å². The highest BCUT2D eigenvalue weighted by Crippen LogP contribution is 2.35. The summed E-state index contributed by atoms with van der Waals surface area (Å²) in [4.78, 5) is 14.0. The number of rotatable bonds is 6. The molecule has 0 spiro atoms. The smallest absolute Gasteiger partial charge is 0.156 e. The van der Waals surface area contributed by atoms with E-state index in [-0.39, 0.29) is 27.5 Å². The molecule has 0 N–H and O–H groups in total. The van der Waals surface area contributed by atoms with Gasteiger partial charge >= 0.3 is 0 Å². The van der Waals surface area contributed by atoms with Crippen molar-refractivity contribution >= 4 is 15.7 Å². The Balaban J connectivity index is 0.00000240. The standard InChI is InChI=1S/C27H22O.H3P/c28-27(25(21-13-5-1-6-14-21)22-15-7-2-8-16-22)26(23-17-9-3-10-18-23)24-19-11-4-12-20-24;/h1-20,25-26H;1H3. The van der Waals surface area contributed by atoms with Gasteiger partial charge in [0.25, 0.3) is 0 Å². The zero-order valence-electron chi connectivity index (χ0n) is 16.3. The lowest BCUT2D eigenvalue weighted by molar-refractivity contribution is -0.120. The molecule has 0 heterocycles. The molecule has 0 amide bonds. The first kappa shape index (κ1) is 20.7. The highest BCUT2D eigenvalue weighted by atomic mass is 31.0. The lowest BCUT2D eigenvalue weighted by Crippen LogP contribution is -2.23. The van der Waals surface area contributed by atoms with Gasteiger partial charge in [-0.1, -0.05) is 121 Å². The molecule has 2 heteroatoms. The molecule has 4 aromatic rings. The van der Waals surface area contributed by atoms with Crippen LogP contribution in [0.1, 0.15) is 34.1 Å². The van der Waals surface area contributed by atoms with Gasteiger partial charge in [-0.2, -0.15) is 9.90 Å². The molecule has 144 valence electrons. The Morgan fingerprint density at radius 3 is 0.828 bits per heavy atom. The van der Waals surface area contributed by atoms with E-state index in [1.807, 2.05) is 121 Å². The normalized spacial score (nSPS) is 10.6. The van der Waals surface area contributed by atoms with Gasteiger partial charge in [0.2, 0.25) is 0 Å². The van der Waals surface area contributed by atoms with Crippen LogP contribution in [0.3, 0.4) is 0 Å². The maximum atomic E-state index is 14.0. The second kappa shape index (κ2) is 9.96. The third-order valence-electron chi connectivity index (χ3n) is 5.10. The molecule has 4 aromatic carbocycles. The van der Waals surface area contributed by atoms with E-state index in [1.165, 1.54) is 0 Å². The van der Waals surface area contributed by atoms with Crippen LogP contribution < -0.4 is 0 Å². The van der Waals surface area contributed by atoms with Crippen LogP contribution in [0, 0.1) is 0 Å². The van der Waals surface area contributed by atoms with Crippen LogP contribution in [-0.4, -0.2) is 5.78 Å². The maximum absolute atomic E-state index is 14.0. The molecule has 0 aliphatic heterocycles. The molecule has 0 aliphatic rings. The molecule has 0 bridgehead atoms. The summed E-state index contributed by atoms with van der Waals surface area (Å²) in [5, 5.41) is 0. The van der Waals surface area contributed by atoms with Crippen molar-refractivity contribution in [3.8, 4) is 0 Å². The Kier molecular flexibility index (Phi) is 7.11. The van der Waals surface area contributed by atoms with E-state index in [0.717, 1.165) is 22.3 Å². The fraction of sp³-hybridized carbons (Fsp3) is 0.0741. The Bertz CT molecular complexity index is 851. The fourth-order valence-electron chi connectivity index (χ4n) is 3.79. The van der Waals surface area contributed by atoms with Gasteiger partial charge in [0.1, 0.15) is 0 Å². The first-order valence-corrected chi connectivity index (χ1v) is 9.58. The first-order valence-electron chi connectivity index (χ1n) is 9.58. The van der Waals surface area contributed by atoms with Crippen LogP contribution in [-0.2, 0) is 4.79 Å². The average molecular weight is 396 g/mol. The summed E-state index contributed by atoms with van der Waals surface area (Å²) >= 11 is 0. The van der Waals surface area contributed by atoms with Gasteiger partial charge in [-0.05, 0) is 22.3 Å². The van der Waals surface area contributed by atoms with E-state index < -0.39 is 0 Å². The fourth-order valence-corrected chi connectivity index (χ4v) is 3.79. The molecular weight excluding hydrogens is 371 g/mol. The van der Waals surface area contributed by atoms with Crippen molar-refractivity contribution < 1.29 is 4.79 Å². The summed E-state index contributed by atoms with van der Waals surface area (Å²) in [6.45, 7) is 0. The van der Waals surface area contributed by atoms with Crippen LogP contribution in [0.4, 0.5) is 0 Å². The van der Waals surface area contributed by atoms with Crippen LogP contribution >= 0.6 is 9.90 Å². The number of hydrogen-bond acceptors (Lipinski definition) is 1. The predicted octanol–water partition coefficient (Wildman–Crippen LogP) is 6.28. The zero-order valence-corrected chi connectivity index (χ0v) is 17.7. The van der Waals surface area contributed by atoms with Gasteiger partial charge in [0, 0.05) is 0 Å². The first-order chi connectivity index (χ1) is 13.8.